The first-order chi connectivity index (χ1) is 10.0. The summed E-state index contributed by atoms with van der Waals surface area (Å²) in [4.78, 5) is 0. The Morgan fingerprint density at radius 3 is 2.52 bits per heavy atom. The quantitative estimate of drug-likeness (QED) is 0.869. The topological polar surface area (TPSA) is 29.9 Å². The number of nitrogens with one attached hydrogen (secondary N) is 1. The zero-order valence-electron chi connectivity index (χ0n) is 13.3. The van der Waals surface area contributed by atoms with Gasteiger partial charge in [0.05, 0.1) is 16.4 Å². The number of nitrogens with zero attached hydrogens (tertiary/aromatic N) is 2. The van der Waals surface area contributed by atoms with E-state index in [1.165, 1.54) is 11.3 Å². The van der Waals surface area contributed by atoms with Gasteiger partial charge < -0.3 is 5.32 Å². The maximum atomic E-state index is 6.47. The smallest absolute Gasteiger partial charge is 0.0835 e. The summed E-state index contributed by atoms with van der Waals surface area (Å²) in [5.74, 6) is 0. The van der Waals surface area contributed by atoms with Crippen molar-refractivity contribution in [1.29, 1.82) is 0 Å². The van der Waals surface area contributed by atoms with Gasteiger partial charge in [0.15, 0.2) is 0 Å². The molecule has 0 spiro atoms. The minimum Gasteiger partial charge on any atom is -0.310 e. The Bertz CT molecular complexity index is 602. The van der Waals surface area contributed by atoms with E-state index in [1.807, 2.05) is 10.7 Å². The van der Waals surface area contributed by atoms with Crippen molar-refractivity contribution >= 4 is 11.6 Å². The van der Waals surface area contributed by atoms with Crippen molar-refractivity contribution in [2.45, 2.75) is 53.1 Å². The minimum absolute atomic E-state index is 0.466. The van der Waals surface area contributed by atoms with Crippen LogP contribution < -0.4 is 5.32 Å². The predicted molar refractivity (Wildman–Crippen MR) is 89.3 cm³/mol. The summed E-state index contributed by atoms with van der Waals surface area (Å²) in [7, 11) is 0. The molecule has 3 nitrogen and oxygen atoms in total. The average Bonchev–Trinajstić information content (AvgIpc) is 2.88. The summed E-state index contributed by atoms with van der Waals surface area (Å²) in [6.45, 7) is 9.37. The van der Waals surface area contributed by atoms with Crippen LogP contribution in [-0.4, -0.2) is 15.8 Å². The number of aryl methyl sites for hydroxylation is 2. The van der Waals surface area contributed by atoms with Gasteiger partial charge in [-0.1, -0.05) is 45.4 Å². The van der Waals surface area contributed by atoms with E-state index >= 15 is 0 Å². The second-order valence-electron chi connectivity index (χ2n) is 5.57. The van der Waals surface area contributed by atoms with Crippen molar-refractivity contribution in [2.75, 3.05) is 0 Å². The molecule has 0 aliphatic carbocycles. The molecule has 0 bridgehead atoms. The van der Waals surface area contributed by atoms with Gasteiger partial charge in [0.25, 0.3) is 0 Å². The fraction of sp³-hybridized carbons (Fsp3) is 0.471. The highest BCUT2D eigenvalue weighted by molar-refractivity contribution is 6.32. The van der Waals surface area contributed by atoms with Crippen LogP contribution in [0.15, 0.2) is 24.3 Å². The standard InChI is InChI=1S/C17H24ClN3/c1-5-14-10-15(6-2)21(20-14)17-8-7-13(9-16(17)18)11-19-12(3)4/h7-10,12,19H,5-6,11H2,1-4H3. The van der Waals surface area contributed by atoms with E-state index in [0.717, 1.165) is 35.8 Å². The van der Waals surface area contributed by atoms with Crippen molar-refractivity contribution in [3.8, 4) is 5.69 Å². The molecule has 0 amide bonds. The third kappa shape index (κ3) is 3.86. The van der Waals surface area contributed by atoms with E-state index in [-0.39, 0.29) is 0 Å². The van der Waals surface area contributed by atoms with Gasteiger partial charge in [-0.2, -0.15) is 5.10 Å². The van der Waals surface area contributed by atoms with Crippen LogP contribution in [0.1, 0.15) is 44.6 Å². The van der Waals surface area contributed by atoms with Crippen LogP contribution in [0.3, 0.4) is 0 Å². The highest BCUT2D eigenvalue weighted by Gasteiger charge is 2.11. The van der Waals surface area contributed by atoms with E-state index in [1.54, 1.807) is 0 Å². The first kappa shape index (κ1) is 16.1. The molecule has 1 aromatic heterocycles. The molecule has 1 aromatic carbocycles. The Morgan fingerprint density at radius 1 is 1.19 bits per heavy atom. The van der Waals surface area contributed by atoms with Crippen molar-refractivity contribution in [3.05, 3.63) is 46.2 Å². The molecular formula is C17H24ClN3. The molecule has 4 heteroatoms. The second kappa shape index (κ2) is 7.10. The Morgan fingerprint density at radius 2 is 1.95 bits per heavy atom. The van der Waals surface area contributed by atoms with Crippen LogP contribution in [0.2, 0.25) is 5.02 Å². The van der Waals surface area contributed by atoms with Crippen molar-refractivity contribution in [3.63, 3.8) is 0 Å². The summed E-state index contributed by atoms with van der Waals surface area (Å²) in [6, 6.07) is 8.83. The molecule has 1 heterocycles. The Labute approximate surface area is 132 Å². The van der Waals surface area contributed by atoms with Crippen molar-refractivity contribution < 1.29 is 0 Å². The SMILES string of the molecule is CCc1cc(CC)n(-c2ccc(CNC(C)C)cc2Cl)n1. The first-order valence-electron chi connectivity index (χ1n) is 7.65. The van der Waals surface area contributed by atoms with E-state index in [0.29, 0.717) is 6.04 Å². The maximum absolute atomic E-state index is 6.47. The monoisotopic (exact) mass is 305 g/mol. The molecule has 114 valence electrons. The first-order valence-corrected chi connectivity index (χ1v) is 8.02. The molecule has 0 fully saturated rings. The Balaban J connectivity index is 2.30. The van der Waals surface area contributed by atoms with Gasteiger partial charge in [0.2, 0.25) is 0 Å². The van der Waals surface area contributed by atoms with Gasteiger partial charge in [0.1, 0.15) is 0 Å². The number of hydrogen-bond acceptors (Lipinski definition) is 2. The normalized spacial score (nSPS) is 11.3. The molecule has 0 aliphatic heterocycles. The lowest BCUT2D eigenvalue weighted by atomic mass is 10.2. The second-order valence-corrected chi connectivity index (χ2v) is 5.97. The predicted octanol–water partition coefficient (Wildman–Crippen LogP) is 4.15. The van der Waals surface area contributed by atoms with Crippen LogP contribution in [0.25, 0.3) is 5.69 Å². The van der Waals surface area contributed by atoms with Gasteiger partial charge >= 0.3 is 0 Å². The molecule has 21 heavy (non-hydrogen) atoms. The van der Waals surface area contributed by atoms with Crippen molar-refractivity contribution in [1.82, 2.24) is 15.1 Å². The molecular weight excluding hydrogens is 282 g/mol. The Hall–Kier alpha value is -1.32. The summed E-state index contributed by atoms with van der Waals surface area (Å²) in [5, 5.41) is 8.80. The molecule has 2 aromatic rings. The molecule has 0 radical (unpaired) electrons. The van der Waals surface area contributed by atoms with E-state index in [9.17, 15) is 0 Å². The van der Waals surface area contributed by atoms with Gasteiger partial charge in [-0.15, -0.1) is 0 Å². The zero-order valence-corrected chi connectivity index (χ0v) is 14.0. The van der Waals surface area contributed by atoms with Crippen LogP contribution in [0, 0.1) is 0 Å². The lowest BCUT2D eigenvalue weighted by Gasteiger charge is -2.12. The van der Waals surface area contributed by atoms with Gasteiger partial charge in [0, 0.05) is 18.3 Å². The third-order valence-corrected chi connectivity index (χ3v) is 3.82. The largest absolute Gasteiger partial charge is 0.310 e. The van der Waals surface area contributed by atoms with Crippen LogP contribution in [0.4, 0.5) is 0 Å². The minimum atomic E-state index is 0.466. The molecule has 0 atom stereocenters. The summed E-state index contributed by atoms with van der Waals surface area (Å²) in [5.41, 5.74) is 4.45. The van der Waals surface area contributed by atoms with E-state index < -0.39 is 0 Å². The van der Waals surface area contributed by atoms with Gasteiger partial charge in [-0.05, 0) is 36.6 Å². The van der Waals surface area contributed by atoms with E-state index in [2.05, 4.69) is 56.3 Å². The van der Waals surface area contributed by atoms with Crippen molar-refractivity contribution in [2.24, 2.45) is 0 Å². The number of benzene rings is 1. The Kier molecular flexibility index (Phi) is 5.43. The molecule has 1 N–H and O–H groups in total. The zero-order chi connectivity index (χ0) is 15.4. The van der Waals surface area contributed by atoms with Crippen LogP contribution >= 0.6 is 11.6 Å². The summed E-state index contributed by atoms with van der Waals surface area (Å²) in [6.07, 6.45) is 1.88. The number of aromatic nitrogens is 2. The maximum Gasteiger partial charge on any atom is 0.0835 e. The highest BCUT2D eigenvalue weighted by Crippen LogP contribution is 2.24. The summed E-state index contributed by atoms with van der Waals surface area (Å²) < 4.78 is 1.97. The summed E-state index contributed by atoms with van der Waals surface area (Å²) >= 11 is 6.47. The van der Waals surface area contributed by atoms with Crippen LogP contribution in [0.5, 0.6) is 0 Å². The molecule has 0 aliphatic rings. The van der Waals surface area contributed by atoms with Gasteiger partial charge in [-0.3, -0.25) is 0 Å². The number of hydrogen-bond donors (Lipinski definition) is 1. The average molecular weight is 306 g/mol. The van der Waals surface area contributed by atoms with Crippen LogP contribution in [-0.2, 0) is 19.4 Å². The number of rotatable bonds is 6. The molecule has 0 saturated heterocycles. The molecule has 2 rings (SSSR count). The lowest BCUT2D eigenvalue weighted by molar-refractivity contribution is 0.589. The third-order valence-electron chi connectivity index (χ3n) is 3.51. The highest BCUT2D eigenvalue weighted by atomic mass is 35.5. The molecule has 0 unspecified atom stereocenters. The fourth-order valence-electron chi connectivity index (χ4n) is 2.26. The molecule has 0 saturated carbocycles. The fourth-order valence-corrected chi connectivity index (χ4v) is 2.55. The lowest BCUT2D eigenvalue weighted by Crippen LogP contribution is -2.21. The van der Waals surface area contributed by atoms with E-state index in [4.69, 9.17) is 11.6 Å². The van der Waals surface area contributed by atoms with Gasteiger partial charge in [-0.25, -0.2) is 4.68 Å². The number of halogens is 1.